The van der Waals surface area contributed by atoms with E-state index < -0.39 is 26.5 Å². The molecule has 0 aromatic heterocycles. The average Bonchev–Trinajstić information content (AvgIpc) is 3.05. The van der Waals surface area contributed by atoms with Crippen molar-refractivity contribution in [1.29, 1.82) is 0 Å². The van der Waals surface area contributed by atoms with Crippen LogP contribution >= 0.6 is 7.82 Å². The summed E-state index contributed by atoms with van der Waals surface area (Å²) in [6.45, 7) is 3.74. The number of nitrogens with two attached hydrogens (primary N) is 1. The number of carbonyl (C=O) groups is 2. The Morgan fingerprint density at radius 3 is 1.29 bits per heavy atom. The van der Waals surface area contributed by atoms with Crippen molar-refractivity contribution >= 4 is 19.8 Å². The Kier molecular flexibility index (Phi) is 38.1. The second kappa shape index (κ2) is 37.3. The van der Waals surface area contributed by atoms with E-state index in [0.717, 1.165) is 32.1 Å². The largest absolute Gasteiger partial charge is 0.472 e. The van der Waals surface area contributed by atoms with Crippen LogP contribution in [0.2, 0.25) is 0 Å². The van der Waals surface area contributed by atoms with E-state index >= 15 is 0 Å². The van der Waals surface area contributed by atoms with E-state index in [4.69, 9.17) is 24.3 Å². The second-order valence-electron chi connectivity index (χ2n) is 13.2. The van der Waals surface area contributed by atoms with Gasteiger partial charge < -0.3 is 20.1 Å². The first-order chi connectivity index (χ1) is 22.8. The predicted molar refractivity (Wildman–Crippen MR) is 199 cm³/mol. The van der Waals surface area contributed by atoms with Crippen LogP contribution in [0.5, 0.6) is 0 Å². The minimum atomic E-state index is -4.36. The molecular formula is C38H78NO8P. The summed E-state index contributed by atoms with van der Waals surface area (Å²) in [6, 6.07) is 0. The van der Waals surface area contributed by atoms with Crippen LogP contribution in [0.4, 0.5) is 0 Å². The molecule has 0 heterocycles. The summed E-state index contributed by atoms with van der Waals surface area (Å²) in [5.74, 6) is -0.818. The lowest BCUT2D eigenvalue weighted by atomic mass is 10.0. The lowest BCUT2D eigenvalue weighted by Gasteiger charge is -2.19. The van der Waals surface area contributed by atoms with Crippen LogP contribution in [0, 0.1) is 0 Å². The van der Waals surface area contributed by atoms with Gasteiger partial charge in [-0.1, -0.05) is 175 Å². The zero-order valence-electron chi connectivity index (χ0n) is 30.5. The number of unbranched alkanes of at least 4 members (excludes halogenated alkanes) is 24. The van der Waals surface area contributed by atoms with Gasteiger partial charge in [-0.15, -0.1) is 0 Å². The van der Waals surface area contributed by atoms with Gasteiger partial charge in [0, 0.05) is 19.4 Å². The first-order valence-corrected chi connectivity index (χ1v) is 21.0. The molecule has 0 saturated heterocycles. The number of phosphoric ester groups is 1. The molecule has 0 aliphatic rings. The molecule has 0 aliphatic heterocycles. The molecular weight excluding hydrogens is 629 g/mol. The van der Waals surface area contributed by atoms with E-state index in [1.54, 1.807) is 0 Å². The fourth-order valence-corrected chi connectivity index (χ4v) is 6.34. The average molecular weight is 708 g/mol. The van der Waals surface area contributed by atoms with Crippen LogP contribution in [0.3, 0.4) is 0 Å². The van der Waals surface area contributed by atoms with Crippen molar-refractivity contribution in [2.24, 2.45) is 5.73 Å². The Hall–Kier alpha value is -0.990. The number of rotatable bonds is 37. The number of ether oxygens (including phenoxy) is 2. The molecule has 0 aromatic rings. The SMILES string of the molecule is C.CCCCCCCCCCCCCCCCCC(=O)OC[C@H](COP(=O)(O)OCCN)OC(=O)CCCCCCCCCCCCC. The topological polar surface area (TPSA) is 134 Å². The van der Waals surface area contributed by atoms with Gasteiger partial charge in [0.15, 0.2) is 6.10 Å². The van der Waals surface area contributed by atoms with Crippen molar-refractivity contribution < 1.29 is 37.6 Å². The van der Waals surface area contributed by atoms with E-state index in [-0.39, 0.29) is 46.0 Å². The molecule has 0 bridgehead atoms. The summed E-state index contributed by atoms with van der Waals surface area (Å²) in [5.41, 5.74) is 5.33. The highest BCUT2D eigenvalue weighted by atomic mass is 31.2. The first kappa shape index (κ1) is 49.1. The number of esters is 2. The zero-order valence-corrected chi connectivity index (χ0v) is 31.4. The quantitative estimate of drug-likeness (QED) is 0.0367. The van der Waals surface area contributed by atoms with Gasteiger partial charge in [-0.3, -0.25) is 18.6 Å². The van der Waals surface area contributed by atoms with Gasteiger partial charge in [0.2, 0.25) is 0 Å². The van der Waals surface area contributed by atoms with E-state index in [9.17, 15) is 19.0 Å². The van der Waals surface area contributed by atoms with Crippen molar-refractivity contribution in [3.63, 3.8) is 0 Å². The summed E-state index contributed by atoms with van der Waals surface area (Å²) in [4.78, 5) is 34.7. The monoisotopic (exact) mass is 708 g/mol. The van der Waals surface area contributed by atoms with Gasteiger partial charge >= 0.3 is 19.8 Å². The molecule has 1 unspecified atom stereocenters. The van der Waals surface area contributed by atoms with E-state index in [1.807, 2.05) is 0 Å². The van der Waals surface area contributed by atoms with Crippen LogP contribution < -0.4 is 5.73 Å². The fourth-order valence-electron chi connectivity index (χ4n) is 5.58. The Morgan fingerprint density at radius 2 is 0.917 bits per heavy atom. The molecule has 10 heteroatoms. The molecule has 2 atom stereocenters. The number of carbonyl (C=O) groups excluding carboxylic acids is 2. The molecule has 3 N–H and O–H groups in total. The number of hydrogen-bond acceptors (Lipinski definition) is 8. The van der Waals surface area contributed by atoms with E-state index in [1.165, 1.54) is 128 Å². The molecule has 0 spiro atoms. The third-order valence-corrected chi connectivity index (χ3v) is 9.48. The second-order valence-corrected chi connectivity index (χ2v) is 14.6. The van der Waals surface area contributed by atoms with Gasteiger partial charge in [0.05, 0.1) is 13.2 Å². The molecule has 9 nitrogen and oxygen atoms in total. The molecule has 0 aliphatic carbocycles. The Labute approximate surface area is 296 Å². The van der Waals surface area contributed by atoms with Crippen LogP contribution in [0.15, 0.2) is 0 Å². The number of hydrogen-bond donors (Lipinski definition) is 2. The molecule has 0 amide bonds. The summed E-state index contributed by atoms with van der Waals surface area (Å²) < 4.78 is 32.6. The maximum atomic E-state index is 12.5. The van der Waals surface area contributed by atoms with Gasteiger partial charge in [0.25, 0.3) is 0 Å². The van der Waals surface area contributed by atoms with Crippen molar-refractivity contribution in [3.05, 3.63) is 0 Å². The van der Waals surface area contributed by atoms with Crippen molar-refractivity contribution in [3.8, 4) is 0 Å². The highest BCUT2D eigenvalue weighted by Crippen LogP contribution is 2.43. The normalized spacial score (nSPS) is 13.1. The minimum absolute atomic E-state index is 0. The summed E-state index contributed by atoms with van der Waals surface area (Å²) >= 11 is 0. The van der Waals surface area contributed by atoms with Gasteiger partial charge in [-0.2, -0.15) is 0 Å². The van der Waals surface area contributed by atoms with Gasteiger partial charge in [-0.25, -0.2) is 4.57 Å². The fraction of sp³-hybridized carbons (Fsp3) is 0.947. The highest BCUT2D eigenvalue weighted by Gasteiger charge is 2.26. The third kappa shape index (κ3) is 36.3. The molecule has 0 saturated carbocycles. The lowest BCUT2D eigenvalue weighted by molar-refractivity contribution is -0.161. The van der Waals surface area contributed by atoms with Crippen LogP contribution in [-0.2, 0) is 32.7 Å². The molecule has 0 aromatic carbocycles. The van der Waals surface area contributed by atoms with Gasteiger partial charge in [-0.05, 0) is 12.8 Å². The summed E-state index contributed by atoms with van der Waals surface area (Å²) in [6.07, 6.45) is 31.3. The molecule has 48 heavy (non-hydrogen) atoms. The first-order valence-electron chi connectivity index (χ1n) is 19.5. The minimum Gasteiger partial charge on any atom is -0.462 e. The lowest BCUT2D eigenvalue weighted by Crippen LogP contribution is -2.29. The summed E-state index contributed by atoms with van der Waals surface area (Å²) in [5, 5.41) is 0. The Bertz CT molecular complexity index is 754. The molecule has 0 radical (unpaired) electrons. The van der Waals surface area contributed by atoms with Crippen molar-refractivity contribution in [1.82, 2.24) is 0 Å². The molecule has 0 rings (SSSR count). The van der Waals surface area contributed by atoms with Gasteiger partial charge in [0.1, 0.15) is 6.61 Å². The van der Waals surface area contributed by atoms with Crippen molar-refractivity contribution in [2.45, 2.75) is 207 Å². The molecule has 288 valence electrons. The van der Waals surface area contributed by atoms with Crippen molar-refractivity contribution in [2.75, 3.05) is 26.4 Å². The van der Waals surface area contributed by atoms with Crippen LogP contribution in [0.25, 0.3) is 0 Å². The Morgan fingerprint density at radius 1 is 0.562 bits per heavy atom. The smallest absolute Gasteiger partial charge is 0.462 e. The van der Waals surface area contributed by atoms with E-state index in [2.05, 4.69) is 13.8 Å². The standard InChI is InChI=1S/C37H74NO8P.CH4/c1-3-5-7-9-11-13-15-16-17-18-20-21-23-25-27-29-36(39)43-33-35(34-45-47(41,42)44-32-31-38)46-37(40)30-28-26-24-22-19-14-12-10-8-6-4-2;/h35H,3-34,38H2,1-2H3,(H,41,42);1H4/t35-;/m1./s1. The summed E-state index contributed by atoms with van der Waals surface area (Å²) in [7, 11) is -4.36. The van der Waals surface area contributed by atoms with Crippen LogP contribution in [-0.4, -0.2) is 49.3 Å². The maximum Gasteiger partial charge on any atom is 0.472 e. The maximum absolute atomic E-state index is 12.5. The number of phosphoric acid groups is 1. The Balaban J connectivity index is 0. The predicted octanol–water partition coefficient (Wildman–Crippen LogP) is 11.1. The van der Waals surface area contributed by atoms with E-state index in [0.29, 0.717) is 6.42 Å². The zero-order chi connectivity index (χ0) is 34.7. The van der Waals surface area contributed by atoms with Crippen LogP contribution in [0.1, 0.15) is 201 Å². The third-order valence-electron chi connectivity index (χ3n) is 8.49. The highest BCUT2D eigenvalue weighted by molar-refractivity contribution is 7.47. The molecule has 0 fully saturated rings.